The van der Waals surface area contributed by atoms with E-state index in [1.54, 1.807) is 56.6 Å². The summed E-state index contributed by atoms with van der Waals surface area (Å²) in [6.45, 7) is 2.46. The molecule has 2 saturated heterocycles. The van der Waals surface area contributed by atoms with E-state index in [1.807, 2.05) is 6.92 Å². The van der Waals surface area contributed by atoms with E-state index in [-0.39, 0.29) is 18.2 Å². The van der Waals surface area contributed by atoms with Gasteiger partial charge in [0, 0.05) is 37.0 Å². The number of benzene rings is 2. The molecule has 8 nitrogen and oxygen atoms in total. The number of hydrogen-bond acceptors (Lipinski definition) is 6. The third kappa shape index (κ3) is 2.91. The van der Waals surface area contributed by atoms with Gasteiger partial charge in [0.05, 0.1) is 18.8 Å². The van der Waals surface area contributed by atoms with Crippen LogP contribution < -0.4 is 9.64 Å². The molecule has 1 spiro atoms. The SMILES string of the molecule is COc1ccc(C(O)=C2C(=O)C(=O)N(C[C@H]3CCCO3)[C@]23C(=O)N(C)c2ccccc23)cc1C. The molecule has 8 heteroatoms. The topological polar surface area (TPSA) is 96.4 Å². The van der Waals surface area contributed by atoms with Crippen molar-refractivity contribution >= 4 is 29.0 Å². The number of aliphatic hydroxyl groups excluding tert-OH is 1. The minimum Gasteiger partial charge on any atom is -0.507 e. The molecular weight excluding hydrogens is 436 g/mol. The van der Waals surface area contributed by atoms with Crippen molar-refractivity contribution in [3.05, 3.63) is 64.7 Å². The number of aliphatic hydroxyl groups is 1. The quantitative estimate of drug-likeness (QED) is 0.426. The number of likely N-dealkylation sites (tertiary alicyclic amines) is 1. The molecule has 2 fully saturated rings. The Morgan fingerprint density at radius 1 is 1.21 bits per heavy atom. The molecule has 3 aliphatic rings. The Morgan fingerprint density at radius 2 is 1.97 bits per heavy atom. The highest BCUT2D eigenvalue weighted by Gasteiger charge is 2.67. The molecule has 34 heavy (non-hydrogen) atoms. The van der Waals surface area contributed by atoms with Gasteiger partial charge in [-0.25, -0.2) is 0 Å². The van der Waals surface area contributed by atoms with Crippen LogP contribution in [-0.4, -0.2) is 61.0 Å². The van der Waals surface area contributed by atoms with Crippen LogP contribution in [0.2, 0.25) is 0 Å². The lowest BCUT2D eigenvalue weighted by Crippen LogP contribution is -2.53. The maximum Gasteiger partial charge on any atom is 0.296 e. The minimum atomic E-state index is -1.76. The molecule has 2 aromatic rings. The van der Waals surface area contributed by atoms with Crippen molar-refractivity contribution in [1.29, 1.82) is 0 Å². The van der Waals surface area contributed by atoms with Gasteiger partial charge < -0.3 is 24.4 Å². The number of fused-ring (bicyclic) bond motifs is 2. The van der Waals surface area contributed by atoms with Gasteiger partial charge in [0.25, 0.3) is 17.6 Å². The standard InChI is InChI=1S/C26H26N2O6/c1-15-13-16(10-11-20(15)33-3)22(29)21-23(30)24(31)28(14-17-7-6-12-34-17)26(21)18-8-4-5-9-19(18)27(2)25(26)32/h4-5,8-11,13,17,29H,6-7,12,14H2,1-3H3/t17-,26+/m1/s1. The van der Waals surface area contributed by atoms with E-state index >= 15 is 0 Å². The number of nitrogens with zero attached hydrogens (tertiary/aromatic N) is 2. The van der Waals surface area contributed by atoms with Crippen molar-refractivity contribution in [3.63, 3.8) is 0 Å². The zero-order chi connectivity index (χ0) is 24.2. The molecule has 176 valence electrons. The predicted molar refractivity (Wildman–Crippen MR) is 125 cm³/mol. The van der Waals surface area contributed by atoms with Gasteiger partial charge in [-0.3, -0.25) is 14.4 Å². The van der Waals surface area contributed by atoms with Crippen LogP contribution in [0, 0.1) is 6.92 Å². The molecule has 0 aliphatic carbocycles. The number of carbonyl (C=O) groups excluding carboxylic acids is 3. The summed E-state index contributed by atoms with van der Waals surface area (Å²) in [5.41, 5.74) is 0.164. The number of methoxy groups -OCH3 is 1. The summed E-state index contributed by atoms with van der Waals surface area (Å²) in [6, 6.07) is 12.0. The van der Waals surface area contributed by atoms with Crippen molar-refractivity contribution in [2.45, 2.75) is 31.4 Å². The van der Waals surface area contributed by atoms with E-state index < -0.39 is 28.9 Å². The molecule has 5 rings (SSSR count). The lowest BCUT2D eigenvalue weighted by molar-refractivity contribution is -0.145. The fraction of sp³-hybridized carbons (Fsp3) is 0.346. The van der Waals surface area contributed by atoms with Crippen LogP contribution in [0.5, 0.6) is 5.75 Å². The number of rotatable bonds is 4. The molecule has 1 N–H and O–H groups in total. The molecule has 0 unspecified atom stereocenters. The molecule has 0 aromatic heterocycles. The summed E-state index contributed by atoms with van der Waals surface area (Å²) >= 11 is 0. The lowest BCUT2D eigenvalue weighted by atomic mass is 9.81. The average Bonchev–Trinajstić information content (AvgIpc) is 3.49. The fourth-order valence-corrected chi connectivity index (χ4v) is 5.38. The van der Waals surface area contributed by atoms with Crippen LogP contribution in [0.15, 0.2) is 48.0 Å². The third-order valence-electron chi connectivity index (χ3n) is 7.02. The number of likely N-dealkylation sites (N-methyl/N-ethyl adjacent to an activating group) is 1. The normalized spacial score (nSPS) is 25.5. The van der Waals surface area contributed by atoms with Crippen LogP contribution >= 0.6 is 0 Å². The van der Waals surface area contributed by atoms with Crippen LogP contribution in [0.3, 0.4) is 0 Å². The summed E-state index contributed by atoms with van der Waals surface area (Å²) in [5.74, 6) is -1.94. The Bertz CT molecular complexity index is 1250. The Hall–Kier alpha value is -3.65. The Kier molecular flexibility index (Phi) is 5.20. The van der Waals surface area contributed by atoms with Crippen LogP contribution in [0.25, 0.3) is 5.76 Å². The first kappa shape index (κ1) is 22.2. The largest absolute Gasteiger partial charge is 0.507 e. The molecule has 3 heterocycles. The van der Waals surface area contributed by atoms with Crippen molar-refractivity contribution in [1.82, 2.24) is 4.90 Å². The first-order chi connectivity index (χ1) is 16.3. The molecule has 2 aromatic carbocycles. The molecule has 0 radical (unpaired) electrons. The number of amides is 2. The number of ether oxygens (including phenoxy) is 2. The molecule has 3 aliphatic heterocycles. The Labute approximate surface area is 197 Å². The smallest absolute Gasteiger partial charge is 0.296 e. The van der Waals surface area contributed by atoms with Crippen LogP contribution in [-0.2, 0) is 24.7 Å². The number of carbonyl (C=O) groups is 3. The third-order valence-corrected chi connectivity index (χ3v) is 7.02. The van der Waals surface area contributed by atoms with Gasteiger partial charge in [-0.1, -0.05) is 18.2 Å². The zero-order valence-corrected chi connectivity index (χ0v) is 19.3. The number of Topliss-reactive ketones (excluding diaryl/α,β-unsaturated/α-hetero) is 1. The average molecular weight is 463 g/mol. The number of anilines is 1. The first-order valence-electron chi connectivity index (χ1n) is 11.3. The summed E-state index contributed by atoms with van der Waals surface area (Å²) < 4.78 is 11.1. The van der Waals surface area contributed by atoms with Crippen molar-refractivity contribution in [2.75, 3.05) is 32.2 Å². The maximum absolute atomic E-state index is 13.9. The van der Waals surface area contributed by atoms with Crippen molar-refractivity contribution < 1.29 is 29.0 Å². The summed E-state index contributed by atoms with van der Waals surface area (Å²) in [7, 11) is 3.15. The summed E-state index contributed by atoms with van der Waals surface area (Å²) in [4.78, 5) is 43.6. The van der Waals surface area contributed by atoms with Crippen LogP contribution in [0.1, 0.15) is 29.5 Å². The molecule has 0 saturated carbocycles. The van der Waals surface area contributed by atoms with Gasteiger partial charge in [-0.15, -0.1) is 0 Å². The van der Waals surface area contributed by atoms with E-state index in [4.69, 9.17) is 9.47 Å². The second-order valence-corrected chi connectivity index (χ2v) is 8.88. The van der Waals surface area contributed by atoms with E-state index in [2.05, 4.69) is 0 Å². The lowest BCUT2D eigenvalue weighted by Gasteiger charge is -2.35. The first-order valence-corrected chi connectivity index (χ1v) is 11.3. The second kappa shape index (κ2) is 7.99. The zero-order valence-electron chi connectivity index (χ0n) is 19.3. The number of aryl methyl sites for hydroxylation is 1. The van der Waals surface area contributed by atoms with E-state index in [1.165, 1.54) is 9.80 Å². The Morgan fingerprint density at radius 3 is 2.65 bits per heavy atom. The van der Waals surface area contributed by atoms with Crippen LogP contribution in [0.4, 0.5) is 5.69 Å². The highest BCUT2D eigenvalue weighted by atomic mass is 16.5. The van der Waals surface area contributed by atoms with Crippen molar-refractivity contribution in [3.8, 4) is 5.75 Å². The summed E-state index contributed by atoms with van der Waals surface area (Å²) in [5, 5.41) is 11.5. The van der Waals surface area contributed by atoms with Crippen molar-refractivity contribution in [2.24, 2.45) is 0 Å². The Balaban J connectivity index is 1.78. The van der Waals surface area contributed by atoms with Gasteiger partial charge in [-0.2, -0.15) is 0 Å². The van der Waals surface area contributed by atoms with Gasteiger partial charge in [-0.05, 0) is 49.6 Å². The molecule has 2 atom stereocenters. The number of ketones is 1. The molecular formula is C26H26N2O6. The van der Waals surface area contributed by atoms with E-state index in [0.717, 1.165) is 18.4 Å². The monoisotopic (exact) mass is 462 g/mol. The van der Waals surface area contributed by atoms with Gasteiger partial charge >= 0.3 is 0 Å². The minimum absolute atomic E-state index is 0.0803. The number of para-hydroxylation sites is 1. The fourth-order valence-electron chi connectivity index (χ4n) is 5.38. The highest BCUT2D eigenvalue weighted by Crippen LogP contribution is 2.53. The number of hydrogen-bond donors (Lipinski definition) is 1. The van der Waals surface area contributed by atoms with Gasteiger partial charge in [0.2, 0.25) is 0 Å². The second-order valence-electron chi connectivity index (χ2n) is 8.88. The van der Waals surface area contributed by atoms with Gasteiger partial charge in [0.15, 0.2) is 5.54 Å². The maximum atomic E-state index is 13.9. The van der Waals surface area contributed by atoms with E-state index in [0.29, 0.717) is 29.2 Å². The van der Waals surface area contributed by atoms with Gasteiger partial charge in [0.1, 0.15) is 11.5 Å². The molecule has 0 bridgehead atoms. The molecule has 2 amide bonds. The predicted octanol–water partition coefficient (Wildman–Crippen LogP) is 2.73. The highest BCUT2D eigenvalue weighted by molar-refractivity contribution is 6.50. The summed E-state index contributed by atoms with van der Waals surface area (Å²) in [6.07, 6.45) is 1.28. The van der Waals surface area contributed by atoms with E-state index in [9.17, 15) is 19.5 Å².